The minimum absolute atomic E-state index is 0.0534. The van der Waals surface area contributed by atoms with Crippen LogP contribution in [0.5, 0.6) is 0 Å². The van der Waals surface area contributed by atoms with Gasteiger partial charge < -0.3 is 10.2 Å². The van der Waals surface area contributed by atoms with Crippen LogP contribution in [0.25, 0.3) is 6.08 Å². The van der Waals surface area contributed by atoms with E-state index in [4.69, 9.17) is 11.6 Å². The van der Waals surface area contributed by atoms with Crippen molar-refractivity contribution in [3.8, 4) is 0 Å². The molecular weight excluding hydrogens is 566 g/mol. The third-order valence-corrected chi connectivity index (χ3v) is 9.06. The van der Waals surface area contributed by atoms with E-state index in [9.17, 15) is 24.5 Å². The van der Waals surface area contributed by atoms with Crippen LogP contribution in [0.4, 0.5) is 17.1 Å². The van der Waals surface area contributed by atoms with E-state index in [0.29, 0.717) is 21.8 Å². The van der Waals surface area contributed by atoms with Gasteiger partial charge in [0.2, 0.25) is 5.91 Å². The summed E-state index contributed by atoms with van der Waals surface area (Å²) in [4.78, 5) is 56.9. The monoisotopic (exact) mass is 589 g/mol. The summed E-state index contributed by atoms with van der Waals surface area (Å²) in [6.07, 6.45) is 3.83. The number of fused-ring (bicyclic) bond motifs is 6. The molecule has 3 aliphatic heterocycles. The first-order valence-electron chi connectivity index (χ1n) is 13.8. The lowest BCUT2D eigenvalue weighted by Crippen LogP contribution is -2.51. The molecule has 1 spiro atoms. The van der Waals surface area contributed by atoms with Gasteiger partial charge in [0.15, 0.2) is 11.6 Å². The van der Waals surface area contributed by atoms with Crippen molar-refractivity contribution in [2.75, 3.05) is 10.2 Å². The molecule has 9 heteroatoms. The molecule has 0 aliphatic carbocycles. The Morgan fingerprint density at radius 2 is 1.70 bits per heavy atom. The molecule has 1 amide bonds. The molecule has 1 fully saturated rings. The van der Waals surface area contributed by atoms with Crippen molar-refractivity contribution in [1.29, 1.82) is 0 Å². The van der Waals surface area contributed by atoms with Crippen LogP contribution in [0.3, 0.4) is 0 Å². The fourth-order valence-electron chi connectivity index (χ4n) is 7.04. The number of nitrogens with zero attached hydrogens (tertiary/aromatic N) is 2. The Hall–Kier alpha value is -5.08. The molecule has 212 valence electrons. The maximum atomic E-state index is 14.8. The molecule has 1 N–H and O–H groups in total. The molecule has 4 aromatic rings. The van der Waals surface area contributed by atoms with Gasteiger partial charge in [0.25, 0.3) is 5.69 Å². The van der Waals surface area contributed by atoms with E-state index in [1.165, 1.54) is 24.3 Å². The van der Waals surface area contributed by atoms with E-state index in [1.807, 2.05) is 48.2 Å². The first-order valence-corrected chi connectivity index (χ1v) is 14.2. The summed E-state index contributed by atoms with van der Waals surface area (Å²) in [7, 11) is 0. The second-order valence-corrected chi connectivity index (χ2v) is 11.5. The maximum Gasteiger partial charge on any atom is 0.270 e. The molecule has 0 bridgehead atoms. The highest BCUT2D eigenvalue weighted by molar-refractivity contribution is 6.30. The summed E-state index contributed by atoms with van der Waals surface area (Å²) >= 11 is 6.15. The van der Waals surface area contributed by atoms with Gasteiger partial charge in [0.1, 0.15) is 11.5 Å². The lowest BCUT2D eigenvalue weighted by atomic mass is 9.64. The number of halogens is 1. The number of nitro groups is 1. The van der Waals surface area contributed by atoms with Gasteiger partial charge in [-0.15, -0.1) is 0 Å². The van der Waals surface area contributed by atoms with Crippen LogP contribution in [0.2, 0.25) is 5.02 Å². The highest BCUT2D eigenvalue weighted by Crippen LogP contribution is 2.58. The van der Waals surface area contributed by atoms with Crippen molar-refractivity contribution in [1.82, 2.24) is 0 Å². The van der Waals surface area contributed by atoms with E-state index in [2.05, 4.69) is 5.32 Å². The number of hydrogen-bond donors (Lipinski definition) is 1. The first kappa shape index (κ1) is 26.8. The summed E-state index contributed by atoms with van der Waals surface area (Å²) in [6, 6.07) is 23.1. The van der Waals surface area contributed by atoms with Crippen molar-refractivity contribution in [2.24, 2.45) is 5.92 Å². The summed E-state index contributed by atoms with van der Waals surface area (Å²) in [5.41, 5.74) is 2.38. The number of hydrogen-bond acceptors (Lipinski definition) is 6. The standard InChI is InChI=1S/C34H24ClN3O5/c1-19-9-15-27-21(17-19)12-16-28-34(25-7-2-3-8-26(25)36-33(34)41)29(31(39)22-5-4-6-24(18-22)38(42)43)30(37(27)28)32(40)20-10-13-23(35)14-11-20/h2-18,28-30H,1H3,(H,36,41)/t28-,29+,30+,34-/m1/s1. The predicted molar refractivity (Wildman–Crippen MR) is 164 cm³/mol. The van der Waals surface area contributed by atoms with Crippen molar-refractivity contribution in [3.63, 3.8) is 0 Å². The summed E-state index contributed by atoms with van der Waals surface area (Å²) in [5.74, 6) is -2.53. The summed E-state index contributed by atoms with van der Waals surface area (Å²) in [6.45, 7) is 1.97. The number of non-ortho nitro benzene ring substituents is 1. The molecule has 1 saturated heterocycles. The number of nitrogens with one attached hydrogen (secondary N) is 1. The number of ketones is 2. The fourth-order valence-corrected chi connectivity index (χ4v) is 7.16. The Labute approximate surface area is 251 Å². The van der Waals surface area contributed by atoms with Gasteiger partial charge in [-0.25, -0.2) is 0 Å². The SMILES string of the molecule is Cc1ccc2c(c1)C=C[C@H]1N2[C@H](C(=O)c2ccc(Cl)cc2)[C@@H](C(=O)c2cccc([N+](=O)[O-])c2)[C@]12C(=O)Nc1ccccc12. The number of benzene rings is 4. The molecular formula is C34H24ClN3O5. The number of carbonyl (C=O) groups excluding carboxylic acids is 3. The molecule has 3 aliphatic rings. The molecule has 4 atom stereocenters. The molecule has 0 aromatic heterocycles. The number of para-hydroxylation sites is 1. The highest BCUT2D eigenvalue weighted by Gasteiger charge is 2.70. The predicted octanol–water partition coefficient (Wildman–Crippen LogP) is 6.41. The average molecular weight is 590 g/mol. The van der Waals surface area contributed by atoms with Gasteiger partial charge in [-0.2, -0.15) is 0 Å². The largest absolute Gasteiger partial charge is 0.352 e. The Morgan fingerprint density at radius 3 is 2.47 bits per heavy atom. The van der Waals surface area contributed by atoms with Crippen LogP contribution in [0, 0.1) is 23.0 Å². The molecule has 8 nitrogen and oxygen atoms in total. The smallest absolute Gasteiger partial charge is 0.270 e. The van der Waals surface area contributed by atoms with E-state index < -0.39 is 40.0 Å². The van der Waals surface area contributed by atoms with Crippen molar-refractivity contribution in [3.05, 3.63) is 140 Å². The number of amides is 1. The van der Waals surface area contributed by atoms with Crippen molar-refractivity contribution < 1.29 is 19.3 Å². The van der Waals surface area contributed by atoms with Crippen molar-refractivity contribution in [2.45, 2.75) is 24.4 Å². The molecule has 7 rings (SSSR count). The molecule has 0 radical (unpaired) electrons. The molecule has 43 heavy (non-hydrogen) atoms. The number of carbonyl (C=O) groups is 3. The maximum absolute atomic E-state index is 14.8. The lowest BCUT2D eigenvalue weighted by molar-refractivity contribution is -0.384. The Bertz CT molecular complexity index is 1900. The van der Waals surface area contributed by atoms with Crippen LogP contribution < -0.4 is 10.2 Å². The lowest BCUT2D eigenvalue weighted by Gasteiger charge is -2.37. The van der Waals surface area contributed by atoms with Crippen LogP contribution in [0.15, 0.2) is 97.1 Å². The quantitative estimate of drug-likeness (QED) is 0.164. The topological polar surface area (TPSA) is 110 Å². The van der Waals surface area contributed by atoms with Gasteiger partial charge in [0.05, 0.1) is 16.9 Å². The van der Waals surface area contributed by atoms with Crippen LogP contribution in [0.1, 0.15) is 37.4 Å². The minimum Gasteiger partial charge on any atom is -0.352 e. The zero-order chi connectivity index (χ0) is 30.0. The Balaban J connectivity index is 1.53. The zero-order valence-electron chi connectivity index (χ0n) is 22.9. The van der Waals surface area contributed by atoms with Crippen LogP contribution >= 0.6 is 11.6 Å². The number of anilines is 2. The molecule has 4 aromatic carbocycles. The Kier molecular flexibility index (Phi) is 6.07. The van der Waals surface area contributed by atoms with Crippen LogP contribution in [-0.2, 0) is 10.2 Å². The number of nitro benzene ring substituents is 1. The summed E-state index contributed by atoms with van der Waals surface area (Å²) in [5, 5.41) is 15.1. The Morgan fingerprint density at radius 1 is 0.930 bits per heavy atom. The molecule has 3 heterocycles. The zero-order valence-corrected chi connectivity index (χ0v) is 23.6. The second kappa shape index (κ2) is 9.74. The number of Topliss-reactive ketones (excluding diaryl/α,β-unsaturated/α-hetero) is 2. The average Bonchev–Trinajstić information content (AvgIpc) is 3.49. The highest BCUT2D eigenvalue weighted by atomic mass is 35.5. The summed E-state index contributed by atoms with van der Waals surface area (Å²) < 4.78 is 0. The molecule has 0 saturated carbocycles. The number of rotatable bonds is 5. The van der Waals surface area contributed by atoms with Gasteiger partial charge in [-0.1, -0.05) is 65.7 Å². The van der Waals surface area contributed by atoms with E-state index in [-0.39, 0.29) is 17.0 Å². The minimum atomic E-state index is -1.51. The van der Waals surface area contributed by atoms with Crippen molar-refractivity contribution >= 4 is 52.2 Å². The van der Waals surface area contributed by atoms with Gasteiger partial charge in [-0.3, -0.25) is 24.5 Å². The van der Waals surface area contributed by atoms with E-state index in [0.717, 1.165) is 16.8 Å². The number of aryl methyl sites for hydroxylation is 1. The van der Waals surface area contributed by atoms with Gasteiger partial charge in [-0.05, 0) is 60.5 Å². The van der Waals surface area contributed by atoms with E-state index >= 15 is 0 Å². The third kappa shape index (κ3) is 3.87. The van der Waals surface area contributed by atoms with Gasteiger partial charge in [0, 0.05) is 39.7 Å². The van der Waals surface area contributed by atoms with E-state index in [1.54, 1.807) is 42.5 Å². The fraction of sp³-hybridized carbons (Fsp3) is 0.147. The first-order chi connectivity index (χ1) is 20.7. The van der Waals surface area contributed by atoms with Gasteiger partial charge >= 0.3 is 0 Å². The normalized spacial score (nSPS) is 23.0. The van der Waals surface area contributed by atoms with Crippen LogP contribution in [-0.4, -0.2) is 34.5 Å². The molecule has 0 unspecified atom stereocenters. The third-order valence-electron chi connectivity index (χ3n) is 8.81. The second-order valence-electron chi connectivity index (χ2n) is 11.1.